The Morgan fingerprint density at radius 3 is 2.51 bits per heavy atom. The molecule has 0 N–H and O–H groups in total. The molecule has 0 atom stereocenters. The largest absolute Gasteiger partial charge is 0.378 e. The summed E-state index contributed by atoms with van der Waals surface area (Å²) in [5.41, 5.74) is 2.01. The standard InChI is InChI=1S/C26H24ClN3O2S3/c1-2-30-25(31)23(17-22-11-12-24(34-22)33-21-9-3-18(27)4-10-21)35-26(30)28-19-5-7-20(8-6-19)29-13-15-32-16-14-29/h3-12,17H,2,13-16H2,1H3/b23-17-,28-26?. The lowest BCUT2D eigenvalue weighted by Crippen LogP contribution is -2.36. The zero-order valence-electron chi connectivity index (χ0n) is 19.1. The van der Waals surface area contributed by atoms with E-state index in [1.807, 2.05) is 49.4 Å². The molecule has 1 aromatic heterocycles. The smallest absolute Gasteiger partial charge is 0.266 e. The van der Waals surface area contributed by atoms with E-state index in [4.69, 9.17) is 21.3 Å². The van der Waals surface area contributed by atoms with Gasteiger partial charge in [-0.15, -0.1) is 11.3 Å². The number of rotatable bonds is 6. The lowest BCUT2D eigenvalue weighted by atomic mass is 10.2. The summed E-state index contributed by atoms with van der Waals surface area (Å²) in [6, 6.07) is 20.1. The third-order valence-corrected chi connectivity index (χ3v) is 8.99. The van der Waals surface area contributed by atoms with Crippen molar-refractivity contribution in [2.24, 2.45) is 4.99 Å². The molecule has 2 fully saturated rings. The highest BCUT2D eigenvalue weighted by atomic mass is 35.5. The number of hydrogen-bond acceptors (Lipinski definition) is 7. The van der Waals surface area contributed by atoms with E-state index in [9.17, 15) is 4.79 Å². The molecule has 5 nitrogen and oxygen atoms in total. The van der Waals surface area contributed by atoms with Gasteiger partial charge in [0.05, 0.1) is 28.0 Å². The van der Waals surface area contributed by atoms with Crippen molar-refractivity contribution in [3.05, 3.63) is 75.5 Å². The molecule has 180 valence electrons. The zero-order valence-corrected chi connectivity index (χ0v) is 22.4. The van der Waals surface area contributed by atoms with Crippen LogP contribution in [0.4, 0.5) is 11.4 Å². The molecule has 9 heteroatoms. The summed E-state index contributed by atoms with van der Waals surface area (Å²) in [4.78, 5) is 24.8. The van der Waals surface area contributed by atoms with Crippen LogP contribution < -0.4 is 4.90 Å². The summed E-state index contributed by atoms with van der Waals surface area (Å²) in [5, 5.41) is 1.45. The molecule has 0 bridgehead atoms. The third-order valence-electron chi connectivity index (χ3n) is 5.56. The van der Waals surface area contributed by atoms with Crippen LogP contribution in [0.25, 0.3) is 6.08 Å². The average Bonchev–Trinajstić information content (AvgIpc) is 3.44. The molecule has 0 unspecified atom stereocenters. The fraction of sp³-hybridized carbons (Fsp3) is 0.231. The molecule has 35 heavy (non-hydrogen) atoms. The Morgan fingerprint density at radius 2 is 1.80 bits per heavy atom. The molecule has 2 saturated heterocycles. The number of carbonyl (C=O) groups is 1. The van der Waals surface area contributed by atoms with E-state index in [0.717, 1.165) is 56.2 Å². The van der Waals surface area contributed by atoms with Gasteiger partial charge in [-0.3, -0.25) is 9.69 Å². The van der Waals surface area contributed by atoms with E-state index >= 15 is 0 Å². The van der Waals surface area contributed by atoms with Crippen LogP contribution in [0.5, 0.6) is 0 Å². The van der Waals surface area contributed by atoms with Gasteiger partial charge in [0.15, 0.2) is 5.17 Å². The van der Waals surface area contributed by atoms with Crippen molar-refractivity contribution in [3.8, 4) is 0 Å². The Bertz CT molecular complexity index is 1250. The van der Waals surface area contributed by atoms with Gasteiger partial charge in [0.1, 0.15) is 0 Å². The topological polar surface area (TPSA) is 45.1 Å². The maximum Gasteiger partial charge on any atom is 0.266 e. The first-order chi connectivity index (χ1) is 17.1. The number of benzene rings is 2. The first kappa shape index (κ1) is 24.5. The molecule has 2 aliphatic heterocycles. The van der Waals surface area contributed by atoms with Crippen molar-refractivity contribution < 1.29 is 9.53 Å². The second-order valence-corrected chi connectivity index (χ2v) is 11.8. The fourth-order valence-electron chi connectivity index (χ4n) is 3.76. The van der Waals surface area contributed by atoms with E-state index < -0.39 is 0 Å². The SMILES string of the molecule is CCN1C(=O)/C(=C/c2ccc(Sc3ccc(Cl)cc3)s2)SC1=Nc1ccc(N2CCOCC2)cc1. The molecule has 3 heterocycles. The molecule has 1 amide bonds. The van der Waals surface area contributed by atoms with Crippen molar-refractivity contribution in [1.82, 2.24) is 4.90 Å². The van der Waals surface area contributed by atoms with Crippen LogP contribution in [0, 0.1) is 0 Å². The minimum absolute atomic E-state index is 0.00138. The van der Waals surface area contributed by atoms with Crippen LogP contribution in [0.1, 0.15) is 11.8 Å². The molecule has 2 aliphatic rings. The molecule has 0 saturated carbocycles. The molecule has 3 aromatic rings. The highest BCUT2D eigenvalue weighted by Gasteiger charge is 2.32. The Hall–Kier alpha value is -2.23. The number of amides is 1. The van der Waals surface area contributed by atoms with Gasteiger partial charge in [0, 0.05) is 40.1 Å². The Labute approximate surface area is 222 Å². The van der Waals surface area contributed by atoms with Gasteiger partial charge in [0.25, 0.3) is 5.91 Å². The second-order valence-electron chi connectivity index (χ2n) is 7.88. The van der Waals surface area contributed by atoms with Gasteiger partial charge in [-0.05, 0) is 85.4 Å². The number of nitrogens with zero attached hydrogens (tertiary/aromatic N) is 3. The average molecular weight is 542 g/mol. The van der Waals surface area contributed by atoms with E-state index in [0.29, 0.717) is 11.4 Å². The number of hydrogen-bond donors (Lipinski definition) is 0. The number of morpholine rings is 1. The number of ether oxygens (including phenoxy) is 1. The summed E-state index contributed by atoms with van der Waals surface area (Å²) in [6.07, 6.45) is 1.97. The van der Waals surface area contributed by atoms with Crippen molar-refractivity contribution in [2.45, 2.75) is 16.0 Å². The molecule has 5 rings (SSSR count). The van der Waals surface area contributed by atoms with Gasteiger partial charge in [-0.2, -0.15) is 0 Å². The normalized spacial score (nSPS) is 18.7. The molecule has 0 spiro atoms. The van der Waals surface area contributed by atoms with Gasteiger partial charge in [-0.25, -0.2) is 4.99 Å². The lowest BCUT2D eigenvalue weighted by molar-refractivity contribution is -0.122. The second kappa shape index (κ2) is 11.2. The van der Waals surface area contributed by atoms with Crippen molar-refractivity contribution in [3.63, 3.8) is 0 Å². The zero-order chi connectivity index (χ0) is 24.2. The van der Waals surface area contributed by atoms with Crippen LogP contribution in [0.3, 0.4) is 0 Å². The number of carbonyl (C=O) groups excluding carboxylic acids is 1. The molecule has 0 radical (unpaired) electrons. The molecule has 2 aromatic carbocycles. The Morgan fingerprint density at radius 1 is 1.06 bits per heavy atom. The van der Waals surface area contributed by atoms with Gasteiger partial charge >= 0.3 is 0 Å². The summed E-state index contributed by atoms with van der Waals surface area (Å²) in [5.74, 6) is 0.00138. The summed E-state index contributed by atoms with van der Waals surface area (Å²) in [6.45, 7) is 5.88. The summed E-state index contributed by atoms with van der Waals surface area (Å²) < 4.78 is 6.60. The number of likely N-dealkylation sites (N-methyl/N-ethyl adjacent to an activating group) is 1. The Balaban J connectivity index is 1.30. The quantitative estimate of drug-likeness (QED) is 0.314. The van der Waals surface area contributed by atoms with E-state index in [1.54, 1.807) is 28.0 Å². The maximum atomic E-state index is 13.1. The minimum Gasteiger partial charge on any atom is -0.378 e. The first-order valence-electron chi connectivity index (χ1n) is 11.3. The Kier molecular flexibility index (Phi) is 7.84. The first-order valence-corrected chi connectivity index (χ1v) is 14.2. The monoisotopic (exact) mass is 541 g/mol. The number of thiophene rings is 1. The predicted molar refractivity (Wildman–Crippen MR) is 149 cm³/mol. The number of aliphatic imine (C=N–C) groups is 1. The maximum absolute atomic E-state index is 13.1. The molecule has 0 aliphatic carbocycles. The van der Waals surface area contributed by atoms with E-state index in [-0.39, 0.29) is 5.91 Å². The summed E-state index contributed by atoms with van der Waals surface area (Å²) in [7, 11) is 0. The number of anilines is 1. The highest BCUT2D eigenvalue weighted by molar-refractivity contribution is 8.18. The summed E-state index contributed by atoms with van der Waals surface area (Å²) >= 11 is 10.8. The lowest BCUT2D eigenvalue weighted by Gasteiger charge is -2.28. The fourth-order valence-corrected chi connectivity index (χ4v) is 7.07. The van der Waals surface area contributed by atoms with Crippen molar-refractivity contribution in [1.29, 1.82) is 0 Å². The third kappa shape index (κ3) is 5.95. The van der Waals surface area contributed by atoms with Crippen LogP contribution in [-0.4, -0.2) is 48.8 Å². The van der Waals surface area contributed by atoms with Crippen LogP contribution >= 0.6 is 46.5 Å². The molecular formula is C26H24ClN3O2S3. The van der Waals surface area contributed by atoms with Crippen LogP contribution in [0.2, 0.25) is 5.02 Å². The van der Waals surface area contributed by atoms with Crippen LogP contribution in [-0.2, 0) is 9.53 Å². The predicted octanol–water partition coefficient (Wildman–Crippen LogP) is 7.01. The van der Waals surface area contributed by atoms with Gasteiger partial charge in [-0.1, -0.05) is 23.4 Å². The number of halogens is 1. The van der Waals surface area contributed by atoms with Crippen molar-refractivity contribution in [2.75, 3.05) is 37.7 Å². The van der Waals surface area contributed by atoms with Gasteiger partial charge < -0.3 is 9.64 Å². The van der Waals surface area contributed by atoms with Crippen molar-refractivity contribution >= 4 is 75.0 Å². The number of thioether (sulfide) groups is 1. The van der Waals surface area contributed by atoms with E-state index in [2.05, 4.69) is 29.2 Å². The van der Waals surface area contributed by atoms with Crippen LogP contribution in [0.15, 0.2) is 79.7 Å². The van der Waals surface area contributed by atoms with E-state index in [1.165, 1.54) is 17.4 Å². The molecular weight excluding hydrogens is 518 g/mol. The highest BCUT2D eigenvalue weighted by Crippen LogP contribution is 2.38. The minimum atomic E-state index is 0.00138. The number of amidine groups is 1. The van der Waals surface area contributed by atoms with Gasteiger partial charge in [0.2, 0.25) is 0 Å².